The third-order valence-corrected chi connectivity index (χ3v) is 2.99. The number of carbonyl (C=O) groups is 1. The summed E-state index contributed by atoms with van der Waals surface area (Å²) in [6.07, 6.45) is -4.47. The smallest absolute Gasteiger partial charge is 0.416 e. The molecule has 9 heteroatoms. The number of esters is 1. The zero-order chi connectivity index (χ0) is 17.9. The Labute approximate surface area is 133 Å². The fourth-order valence-corrected chi connectivity index (χ4v) is 1.86. The summed E-state index contributed by atoms with van der Waals surface area (Å²) in [6, 6.07) is 7.23. The number of benzene rings is 2. The van der Waals surface area contributed by atoms with Crippen LogP contribution in [0.1, 0.15) is 15.9 Å². The molecule has 24 heavy (non-hydrogen) atoms. The number of hydrogen-bond acceptors (Lipinski definition) is 5. The van der Waals surface area contributed by atoms with E-state index in [0.29, 0.717) is 0 Å². The summed E-state index contributed by atoms with van der Waals surface area (Å²) in [5, 5.41) is 11.0. The van der Waals surface area contributed by atoms with E-state index in [-0.39, 0.29) is 17.1 Å². The molecule has 2 rings (SSSR count). The minimum absolute atomic E-state index is 0.00545. The van der Waals surface area contributed by atoms with Gasteiger partial charge in [-0.05, 0) is 36.4 Å². The van der Waals surface area contributed by atoms with Gasteiger partial charge in [0.2, 0.25) is 0 Å². The van der Waals surface area contributed by atoms with Crippen molar-refractivity contribution in [3.8, 4) is 11.5 Å². The third-order valence-electron chi connectivity index (χ3n) is 2.99. The van der Waals surface area contributed by atoms with Gasteiger partial charge >= 0.3 is 12.1 Å². The van der Waals surface area contributed by atoms with Crippen molar-refractivity contribution in [3.63, 3.8) is 0 Å². The second-order valence-electron chi connectivity index (χ2n) is 4.55. The first-order chi connectivity index (χ1) is 11.2. The molecule has 0 saturated heterocycles. The SMILES string of the molecule is COC(=O)c1ccc(Oc2ccc(C(F)(F)F)cc2)cc1[N+](=O)[O-]. The second-order valence-corrected chi connectivity index (χ2v) is 4.55. The molecule has 0 N–H and O–H groups in total. The Morgan fingerprint density at radius 2 is 1.67 bits per heavy atom. The molecule has 126 valence electrons. The number of nitro benzene ring substituents is 1. The number of methoxy groups -OCH3 is 1. The molecule has 0 aliphatic carbocycles. The number of ether oxygens (including phenoxy) is 2. The predicted molar refractivity (Wildman–Crippen MR) is 76.0 cm³/mol. The number of halogens is 3. The van der Waals surface area contributed by atoms with Crippen LogP contribution in [0.2, 0.25) is 0 Å². The van der Waals surface area contributed by atoms with Gasteiger partial charge in [0.15, 0.2) is 0 Å². The van der Waals surface area contributed by atoms with E-state index in [0.717, 1.165) is 43.5 Å². The van der Waals surface area contributed by atoms with Gasteiger partial charge in [0, 0.05) is 0 Å². The van der Waals surface area contributed by atoms with Gasteiger partial charge in [0.1, 0.15) is 17.1 Å². The van der Waals surface area contributed by atoms with Crippen LogP contribution < -0.4 is 4.74 Å². The lowest BCUT2D eigenvalue weighted by Gasteiger charge is -2.09. The van der Waals surface area contributed by atoms with Crippen molar-refractivity contribution < 1.29 is 32.4 Å². The molecular formula is C15H10F3NO5. The quantitative estimate of drug-likeness (QED) is 0.473. The molecule has 0 saturated carbocycles. The van der Waals surface area contributed by atoms with Crippen LogP contribution in [0.3, 0.4) is 0 Å². The zero-order valence-electron chi connectivity index (χ0n) is 12.2. The van der Waals surface area contributed by atoms with Crippen molar-refractivity contribution >= 4 is 11.7 Å². The molecule has 2 aromatic carbocycles. The van der Waals surface area contributed by atoms with Crippen molar-refractivity contribution in [1.29, 1.82) is 0 Å². The molecule has 0 amide bonds. The average Bonchev–Trinajstić information content (AvgIpc) is 2.53. The number of carbonyl (C=O) groups excluding carboxylic acids is 1. The molecule has 0 atom stereocenters. The van der Waals surface area contributed by atoms with Crippen molar-refractivity contribution in [2.24, 2.45) is 0 Å². The van der Waals surface area contributed by atoms with Gasteiger partial charge in [0.25, 0.3) is 5.69 Å². The zero-order valence-corrected chi connectivity index (χ0v) is 12.2. The molecule has 6 nitrogen and oxygen atoms in total. The Kier molecular flexibility index (Phi) is 4.72. The van der Waals surface area contributed by atoms with Crippen LogP contribution in [0.15, 0.2) is 42.5 Å². The number of nitrogens with zero attached hydrogens (tertiary/aromatic N) is 1. The van der Waals surface area contributed by atoms with E-state index in [2.05, 4.69) is 4.74 Å². The lowest BCUT2D eigenvalue weighted by molar-refractivity contribution is -0.385. The van der Waals surface area contributed by atoms with Gasteiger partial charge < -0.3 is 9.47 Å². The number of hydrogen-bond donors (Lipinski definition) is 0. The minimum Gasteiger partial charge on any atom is -0.465 e. The van der Waals surface area contributed by atoms with Gasteiger partial charge in [-0.15, -0.1) is 0 Å². The van der Waals surface area contributed by atoms with E-state index in [1.54, 1.807) is 0 Å². The van der Waals surface area contributed by atoms with Gasteiger partial charge in [-0.1, -0.05) is 0 Å². The highest BCUT2D eigenvalue weighted by Gasteiger charge is 2.30. The lowest BCUT2D eigenvalue weighted by atomic mass is 10.1. The van der Waals surface area contributed by atoms with E-state index in [9.17, 15) is 28.1 Å². The van der Waals surface area contributed by atoms with Crippen LogP contribution in [0.5, 0.6) is 11.5 Å². The number of alkyl halides is 3. The standard InChI is InChI=1S/C15H10F3NO5/c1-23-14(20)12-7-6-11(8-13(12)19(21)22)24-10-4-2-9(3-5-10)15(16,17)18/h2-8H,1H3. The van der Waals surface area contributed by atoms with Crippen molar-refractivity contribution in [2.45, 2.75) is 6.18 Å². The Balaban J connectivity index is 2.29. The molecule has 0 bridgehead atoms. The first-order valence-corrected chi connectivity index (χ1v) is 6.44. The van der Waals surface area contributed by atoms with Crippen molar-refractivity contribution in [2.75, 3.05) is 7.11 Å². The molecule has 0 aliphatic heterocycles. The Morgan fingerprint density at radius 1 is 1.08 bits per heavy atom. The van der Waals surface area contributed by atoms with E-state index >= 15 is 0 Å². The second kappa shape index (κ2) is 6.57. The molecule has 0 radical (unpaired) electrons. The Hall–Kier alpha value is -3.10. The summed E-state index contributed by atoms with van der Waals surface area (Å²) in [5.41, 5.74) is -1.64. The van der Waals surface area contributed by atoms with Gasteiger partial charge in [-0.2, -0.15) is 13.2 Å². The Morgan fingerprint density at radius 3 is 2.17 bits per heavy atom. The van der Waals surface area contributed by atoms with Crippen molar-refractivity contribution in [1.82, 2.24) is 0 Å². The van der Waals surface area contributed by atoms with E-state index in [1.807, 2.05) is 0 Å². The highest BCUT2D eigenvalue weighted by molar-refractivity contribution is 5.94. The van der Waals surface area contributed by atoms with Crippen molar-refractivity contribution in [3.05, 3.63) is 63.7 Å². The average molecular weight is 341 g/mol. The van der Waals surface area contributed by atoms with Gasteiger partial charge in [-0.3, -0.25) is 10.1 Å². The molecule has 0 spiro atoms. The summed E-state index contributed by atoms with van der Waals surface area (Å²) in [7, 11) is 1.08. The normalized spacial score (nSPS) is 11.0. The molecular weight excluding hydrogens is 331 g/mol. The summed E-state index contributed by atoms with van der Waals surface area (Å²) < 4.78 is 47.2. The summed E-state index contributed by atoms with van der Waals surface area (Å²) in [4.78, 5) is 21.7. The maximum absolute atomic E-state index is 12.5. The number of rotatable bonds is 4. The van der Waals surface area contributed by atoms with Crippen LogP contribution in [0.25, 0.3) is 0 Å². The van der Waals surface area contributed by atoms with Crippen LogP contribution in [0, 0.1) is 10.1 Å². The predicted octanol–water partition coefficient (Wildman–Crippen LogP) is 4.19. The molecule has 0 heterocycles. The summed E-state index contributed by atoms with van der Waals surface area (Å²) in [6.45, 7) is 0. The molecule has 0 fully saturated rings. The van der Waals surface area contributed by atoms with Gasteiger partial charge in [-0.25, -0.2) is 4.79 Å². The van der Waals surface area contributed by atoms with E-state index in [1.165, 1.54) is 6.07 Å². The summed E-state index contributed by atoms with van der Waals surface area (Å²) >= 11 is 0. The Bertz CT molecular complexity index is 772. The van der Waals surface area contributed by atoms with Crippen LogP contribution >= 0.6 is 0 Å². The number of nitro groups is 1. The van der Waals surface area contributed by atoms with Crippen LogP contribution in [-0.4, -0.2) is 18.0 Å². The van der Waals surface area contributed by atoms with Crippen LogP contribution in [-0.2, 0) is 10.9 Å². The topological polar surface area (TPSA) is 78.7 Å². The minimum atomic E-state index is -4.47. The lowest BCUT2D eigenvalue weighted by Crippen LogP contribution is -2.06. The molecule has 0 aliphatic rings. The molecule has 2 aromatic rings. The fourth-order valence-electron chi connectivity index (χ4n) is 1.86. The fraction of sp³-hybridized carbons (Fsp3) is 0.133. The largest absolute Gasteiger partial charge is 0.465 e. The molecule has 0 unspecified atom stereocenters. The van der Waals surface area contributed by atoms with Crippen LogP contribution in [0.4, 0.5) is 18.9 Å². The maximum atomic E-state index is 12.5. The first kappa shape index (κ1) is 17.3. The summed E-state index contributed by atoms with van der Waals surface area (Å²) in [5.74, 6) is -0.833. The first-order valence-electron chi connectivity index (χ1n) is 6.44. The van der Waals surface area contributed by atoms with E-state index in [4.69, 9.17) is 4.74 Å². The van der Waals surface area contributed by atoms with E-state index < -0.39 is 28.3 Å². The van der Waals surface area contributed by atoms with Gasteiger partial charge in [0.05, 0.1) is 23.7 Å². The molecule has 0 aromatic heterocycles. The highest BCUT2D eigenvalue weighted by Crippen LogP contribution is 2.32. The monoisotopic (exact) mass is 341 g/mol. The third kappa shape index (κ3) is 3.80. The highest BCUT2D eigenvalue weighted by atomic mass is 19.4. The maximum Gasteiger partial charge on any atom is 0.416 e.